The number of benzene rings is 8. The van der Waals surface area contributed by atoms with Crippen molar-refractivity contribution in [1.29, 1.82) is 0 Å². The Hall–Kier alpha value is -6.91. The molecule has 0 saturated carbocycles. The first-order valence-electron chi connectivity index (χ1n) is 20.3. The number of aromatic nitrogens is 3. The van der Waals surface area contributed by atoms with Crippen LogP contribution in [0.1, 0.15) is 9.68 Å². The summed E-state index contributed by atoms with van der Waals surface area (Å²) in [6, 6.07) is 67.2. The molecule has 3 aromatic heterocycles. The van der Waals surface area contributed by atoms with Crippen molar-refractivity contribution in [2.75, 3.05) is 0 Å². The maximum Gasteiger partial charge on any atom is 0.0774 e. The van der Waals surface area contributed by atoms with Crippen molar-refractivity contribution in [3.8, 4) is 50.6 Å². The number of pyridine rings is 1. The summed E-state index contributed by atoms with van der Waals surface area (Å²) in [5, 5.41) is 5.98. The van der Waals surface area contributed by atoms with Gasteiger partial charge < -0.3 is 14.0 Å². The van der Waals surface area contributed by atoms with Crippen LogP contribution in [0.15, 0.2) is 199 Å². The Labute approximate surface area is 354 Å². The number of furan rings is 1. The minimum Gasteiger partial charge on any atom is -0.557 e. The zero-order chi connectivity index (χ0) is 40.6. The third-order valence-corrected chi connectivity index (χ3v) is 10.4. The van der Waals surface area contributed by atoms with Crippen LogP contribution >= 0.6 is 0 Å². The standard InChI is InChI=1S/C41H25N2O.C12H10N.Ir/c1-2-8-27(9-3-1)28-18-21-33(22-19-28)43-39-13-7-6-12-38(39)42-41(43)37-26-44-40-23-20-32(25-36(37)40)31-17-16-30-15-14-29-10-4-5-11-34(29)35(30)24-31;1-10-7-8-12(13-9-10)11-5-3-2-4-6-11;/h1-25H;2-5,7-9H,1H3;/q2*-1;/i;1D3;. The Morgan fingerprint density at radius 1 is 0.586 bits per heavy atom. The molecule has 8 aromatic carbocycles. The van der Waals surface area contributed by atoms with Crippen molar-refractivity contribution in [3.05, 3.63) is 212 Å². The molecule has 58 heavy (non-hydrogen) atoms. The van der Waals surface area contributed by atoms with E-state index in [4.69, 9.17) is 13.5 Å². The number of imidazole rings is 1. The van der Waals surface area contributed by atoms with Gasteiger partial charge in [-0.25, -0.2) is 0 Å². The van der Waals surface area contributed by atoms with Gasteiger partial charge in [-0.3, -0.25) is 4.98 Å². The number of rotatable bonds is 5. The molecule has 0 aliphatic rings. The summed E-state index contributed by atoms with van der Waals surface area (Å²) in [5.41, 5.74) is 11.1. The maximum atomic E-state index is 7.23. The average Bonchev–Trinajstić information content (AvgIpc) is 3.91. The van der Waals surface area contributed by atoms with Crippen LogP contribution in [0.5, 0.6) is 0 Å². The number of nitrogens with zero attached hydrogens (tertiary/aromatic N) is 3. The Balaban J connectivity index is 0.000000237. The van der Waals surface area contributed by atoms with Crippen LogP contribution in [-0.2, 0) is 20.1 Å². The van der Waals surface area contributed by atoms with E-state index in [0.717, 1.165) is 61.5 Å². The summed E-state index contributed by atoms with van der Waals surface area (Å²) in [4.78, 5) is 9.24. The fourth-order valence-corrected chi connectivity index (χ4v) is 7.50. The molecule has 1 radical (unpaired) electrons. The second-order valence-corrected chi connectivity index (χ2v) is 13.9. The van der Waals surface area contributed by atoms with Crippen molar-refractivity contribution in [2.24, 2.45) is 0 Å². The van der Waals surface area contributed by atoms with Crippen LogP contribution in [-0.4, -0.2) is 14.5 Å². The third kappa shape index (κ3) is 7.03. The SMILES string of the molecule is [2H]C([2H])([2H])c1ccc(-c2[c-]cccc2)nc1.[Ir].[c-]1oc2ccc(-c3ccc4ccc5ccccc5c4c3)cc2c1-c1nc2ccccc2n1-c1ccc(-c2ccccc2)cc1. The summed E-state index contributed by atoms with van der Waals surface area (Å²) in [5.74, 6) is 0.805. The van der Waals surface area contributed by atoms with Gasteiger partial charge in [0.05, 0.1) is 16.9 Å². The van der Waals surface area contributed by atoms with E-state index in [-0.39, 0.29) is 25.7 Å². The molecule has 5 heteroatoms. The predicted molar refractivity (Wildman–Crippen MR) is 234 cm³/mol. The molecule has 0 bridgehead atoms. The summed E-state index contributed by atoms with van der Waals surface area (Å²) in [6.07, 6.45) is 4.60. The maximum absolute atomic E-state index is 7.23. The second kappa shape index (κ2) is 15.9. The third-order valence-electron chi connectivity index (χ3n) is 10.4. The Kier molecular flexibility index (Phi) is 9.12. The van der Waals surface area contributed by atoms with E-state index >= 15 is 0 Å². The molecule has 11 rings (SSSR count). The Morgan fingerprint density at radius 2 is 1.28 bits per heavy atom. The topological polar surface area (TPSA) is 43.9 Å². The van der Waals surface area contributed by atoms with Gasteiger partial charge in [-0.2, -0.15) is 0 Å². The van der Waals surface area contributed by atoms with E-state index in [9.17, 15) is 0 Å². The number of aryl methyl sites for hydroxylation is 1. The van der Waals surface area contributed by atoms with E-state index in [1.54, 1.807) is 18.2 Å². The predicted octanol–water partition coefficient (Wildman–Crippen LogP) is 13.7. The van der Waals surface area contributed by atoms with Crippen molar-refractivity contribution >= 4 is 43.5 Å². The number of fused-ring (bicyclic) bond motifs is 5. The molecule has 0 aliphatic carbocycles. The van der Waals surface area contributed by atoms with Crippen molar-refractivity contribution in [3.63, 3.8) is 0 Å². The quantitative estimate of drug-likeness (QED) is 0.128. The molecule has 3 heterocycles. The van der Waals surface area contributed by atoms with Crippen molar-refractivity contribution in [1.82, 2.24) is 14.5 Å². The van der Waals surface area contributed by atoms with E-state index < -0.39 is 6.85 Å². The molecule has 0 aliphatic heterocycles. The van der Waals surface area contributed by atoms with Crippen LogP contribution in [0.3, 0.4) is 0 Å². The molecule has 0 fully saturated rings. The number of hydrogen-bond donors (Lipinski definition) is 0. The molecule has 0 saturated heterocycles. The average molecular weight is 925 g/mol. The summed E-state index contributed by atoms with van der Waals surface area (Å²) in [6.45, 7) is -2.09. The smallest absolute Gasteiger partial charge is 0.0774 e. The number of hydrogen-bond acceptors (Lipinski definition) is 3. The van der Waals surface area contributed by atoms with Gasteiger partial charge in [0.25, 0.3) is 0 Å². The van der Waals surface area contributed by atoms with E-state index in [0.29, 0.717) is 0 Å². The van der Waals surface area contributed by atoms with Crippen LogP contribution in [0.2, 0.25) is 0 Å². The van der Waals surface area contributed by atoms with Crippen LogP contribution in [0.25, 0.3) is 94.1 Å². The van der Waals surface area contributed by atoms with Gasteiger partial charge in [0, 0.05) is 47.9 Å². The van der Waals surface area contributed by atoms with Gasteiger partial charge in [-0.1, -0.05) is 144 Å². The molecule has 0 amide bonds. The summed E-state index contributed by atoms with van der Waals surface area (Å²) >= 11 is 0. The Morgan fingerprint density at radius 3 is 2.07 bits per heavy atom. The molecule has 0 unspecified atom stereocenters. The Bertz CT molecular complexity index is 3290. The van der Waals surface area contributed by atoms with Crippen LogP contribution in [0.4, 0.5) is 0 Å². The molecule has 279 valence electrons. The van der Waals surface area contributed by atoms with E-state index in [2.05, 4.69) is 155 Å². The van der Waals surface area contributed by atoms with Gasteiger partial charge in [0.1, 0.15) is 0 Å². The molecular formula is C53H35IrN3O-2. The van der Waals surface area contributed by atoms with Gasteiger partial charge in [-0.15, -0.1) is 35.9 Å². The second-order valence-electron chi connectivity index (χ2n) is 13.9. The van der Waals surface area contributed by atoms with Crippen molar-refractivity contribution < 1.29 is 28.6 Å². The first-order valence-corrected chi connectivity index (χ1v) is 18.8. The van der Waals surface area contributed by atoms with Gasteiger partial charge in [-0.05, 0) is 92.2 Å². The van der Waals surface area contributed by atoms with Gasteiger partial charge in [0.2, 0.25) is 0 Å². The molecule has 0 spiro atoms. The van der Waals surface area contributed by atoms with E-state index in [1.807, 2.05) is 36.4 Å². The fraction of sp³-hybridized carbons (Fsp3) is 0.0189. The largest absolute Gasteiger partial charge is 0.557 e. The molecule has 0 N–H and O–H groups in total. The zero-order valence-corrected chi connectivity index (χ0v) is 33.5. The number of para-hydroxylation sites is 2. The molecule has 4 nitrogen and oxygen atoms in total. The van der Waals surface area contributed by atoms with Gasteiger partial charge >= 0.3 is 0 Å². The van der Waals surface area contributed by atoms with Crippen LogP contribution in [0, 0.1) is 19.2 Å². The molecule has 0 atom stereocenters. The molecular weight excluding hydrogens is 887 g/mol. The van der Waals surface area contributed by atoms with Crippen molar-refractivity contribution in [2.45, 2.75) is 6.85 Å². The minimum absolute atomic E-state index is 0. The first kappa shape index (κ1) is 33.2. The fourth-order valence-electron chi connectivity index (χ4n) is 7.50. The zero-order valence-electron chi connectivity index (χ0n) is 34.1. The van der Waals surface area contributed by atoms with Crippen LogP contribution < -0.4 is 0 Å². The summed E-state index contributed by atoms with van der Waals surface area (Å²) < 4.78 is 29.9. The normalized spacial score (nSPS) is 12.0. The minimum atomic E-state index is -2.09. The molecule has 11 aromatic rings. The van der Waals surface area contributed by atoms with Gasteiger partial charge in [0.15, 0.2) is 0 Å². The summed E-state index contributed by atoms with van der Waals surface area (Å²) in [7, 11) is 0. The first-order chi connectivity index (χ1) is 29.4. The monoisotopic (exact) mass is 925 g/mol. The van der Waals surface area contributed by atoms with E-state index in [1.165, 1.54) is 38.9 Å².